The molecule has 2 aliphatic rings. The minimum absolute atomic E-state index is 0.344. The average Bonchev–Trinajstić information content (AvgIpc) is 3.07. The van der Waals surface area contributed by atoms with Crippen molar-refractivity contribution in [3.63, 3.8) is 0 Å². The third-order valence-corrected chi connectivity index (χ3v) is 6.01. The maximum absolute atomic E-state index is 5.48. The number of aromatic nitrogens is 2. The molecule has 146 valence electrons. The Kier molecular flexibility index (Phi) is 5.61. The number of thiophene rings is 1. The summed E-state index contributed by atoms with van der Waals surface area (Å²) in [7, 11) is 0. The molecule has 0 radical (unpaired) electrons. The van der Waals surface area contributed by atoms with Crippen molar-refractivity contribution in [2.24, 2.45) is 0 Å². The Morgan fingerprint density at radius 3 is 2.70 bits per heavy atom. The molecule has 6 nitrogen and oxygen atoms in total. The zero-order valence-electron chi connectivity index (χ0n) is 16.5. The molecule has 1 saturated heterocycles. The first-order valence-corrected chi connectivity index (χ1v) is 10.7. The van der Waals surface area contributed by atoms with Gasteiger partial charge in [0.1, 0.15) is 5.82 Å². The molecule has 2 aliphatic heterocycles. The van der Waals surface area contributed by atoms with Gasteiger partial charge in [0.2, 0.25) is 5.95 Å². The van der Waals surface area contributed by atoms with Gasteiger partial charge in [0.25, 0.3) is 0 Å². The zero-order valence-corrected chi connectivity index (χ0v) is 17.3. The summed E-state index contributed by atoms with van der Waals surface area (Å²) in [6.07, 6.45) is 0.978. The van der Waals surface area contributed by atoms with E-state index >= 15 is 0 Å². The van der Waals surface area contributed by atoms with Crippen LogP contribution in [-0.4, -0.2) is 53.8 Å². The lowest BCUT2D eigenvalue weighted by atomic mass is 10.1. The molecule has 27 heavy (non-hydrogen) atoms. The molecule has 0 spiro atoms. The van der Waals surface area contributed by atoms with Crippen LogP contribution in [0.25, 0.3) is 0 Å². The fourth-order valence-electron chi connectivity index (χ4n) is 3.68. The Hall–Kier alpha value is -1.70. The Balaban J connectivity index is 1.58. The largest absolute Gasteiger partial charge is 0.378 e. The summed E-state index contributed by atoms with van der Waals surface area (Å²) in [5.74, 6) is 1.85. The molecule has 0 aliphatic carbocycles. The van der Waals surface area contributed by atoms with Crippen LogP contribution in [0.1, 0.15) is 34.9 Å². The molecule has 7 heteroatoms. The molecular weight excluding hydrogens is 358 g/mol. The van der Waals surface area contributed by atoms with Gasteiger partial charge in [0, 0.05) is 60.5 Å². The molecular formula is C20H29N5OS. The molecule has 2 aromatic rings. The van der Waals surface area contributed by atoms with Crippen LogP contribution in [0.15, 0.2) is 12.1 Å². The number of morpholine rings is 1. The van der Waals surface area contributed by atoms with Crippen LogP contribution >= 0.6 is 11.3 Å². The third-order valence-electron chi connectivity index (χ3n) is 5.02. The minimum Gasteiger partial charge on any atom is -0.378 e. The van der Waals surface area contributed by atoms with Gasteiger partial charge < -0.3 is 15.0 Å². The molecule has 0 saturated carbocycles. The van der Waals surface area contributed by atoms with Crippen molar-refractivity contribution >= 4 is 23.1 Å². The van der Waals surface area contributed by atoms with Crippen LogP contribution in [0, 0.1) is 6.92 Å². The highest BCUT2D eigenvalue weighted by Crippen LogP contribution is 2.29. The van der Waals surface area contributed by atoms with Crippen molar-refractivity contribution in [1.29, 1.82) is 0 Å². The lowest BCUT2D eigenvalue weighted by Crippen LogP contribution is -2.38. The van der Waals surface area contributed by atoms with Crippen molar-refractivity contribution in [3.05, 3.63) is 33.1 Å². The summed E-state index contributed by atoms with van der Waals surface area (Å²) in [5, 5.41) is 3.57. The number of hydrogen-bond donors (Lipinski definition) is 1. The number of ether oxygens (including phenoxy) is 1. The van der Waals surface area contributed by atoms with Crippen LogP contribution in [0.3, 0.4) is 0 Å². The molecule has 4 rings (SSSR count). The lowest BCUT2D eigenvalue weighted by Gasteiger charge is -2.32. The highest BCUT2D eigenvalue weighted by atomic mass is 32.1. The maximum Gasteiger partial charge on any atom is 0.227 e. The van der Waals surface area contributed by atoms with Gasteiger partial charge in [-0.25, -0.2) is 4.98 Å². The summed E-state index contributed by atoms with van der Waals surface area (Å²) >= 11 is 1.89. The Bertz CT molecular complexity index is 785. The van der Waals surface area contributed by atoms with Crippen LogP contribution in [-0.2, 0) is 24.2 Å². The van der Waals surface area contributed by atoms with Gasteiger partial charge in [0.15, 0.2) is 0 Å². The second-order valence-electron chi connectivity index (χ2n) is 7.67. The van der Waals surface area contributed by atoms with Crippen LogP contribution in [0.4, 0.5) is 11.8 Å². The van der Waals surface area contributed by atoms with Crippen molar-refractivity contribution < 1.29 is 4.74 Å². The van der Waals surface area contributed by atoms with E-state index in [0.29, 0.717) is 6.04 Å². The van der Waals surface area contributed by atoms with E-state index in [2.05, 4.69) is 48.0 Å². The second kappa shape index (κ2) is 8.12. The molecule has 0 unspecified atom stereocenters. The number of anilines is 2. The Morgan fingerprint density at radius 2 is 2.00 bits per heavy atom. The van der Waals surface area contributed by atoms with E-state index in [1.54, 1.807) is 0 Å². The first-order valence-electron chi connectivity index (χ1n) is 9.85. The SMILES string of the molecule is Cc1ccc(CN2CCc3nc(N4CCOCC4)nc(NC(C)C)c3C2)s1. The van der Waals surface area contributed by atoms with Gasteiger partial charge >= 0.3 is 0 Å². The normalized spacial score (nSPS) is 18.0. The van der Waals surface area contributed by atoms with Crippen LogP contribution in [0.5, 0.6) is 0 Å². The Labute approximate surface area is 165 Å². The number of fused-ring (bicyclic) bond motifs is 1. The molecule has 0 aromatic carbocycles. The first-order chi connectivity index (χ1) is 13.1. The number of nitrogens with one attached hydrogen (secondary N) is 1. The van der Waals surface area contributed by atoms with Crippen molar-refractivity contribution in [2.75, 3.05) is 43.1 Å². The molecule has 1 N–H and O–H groups in total. The van der Waals surface area contributed by atoms with Gasteiger partial charge in [-0.1, -0.05) is 0 Å². The van der Waals surface area contributed by atoms with Crippen LogP contribution in [0.2, 0.25) is 0 Å². The molecule has 0 amide bonds. The fourth-order valence-corrected chi connectivity index (χ4v) is 4.61. The zero-order chi connectivity index (χ0) is 18.8. The molecule has 0 atom stereocenters. The number of rotatable bonds is 5. The van der Waals surface area contributed by atoms with Crippen molar-refractivity contribution in [3.8, 4) is 0 Å². The van der Waals surface area contributed by atoms with Gasteiger partial charge in [0.05, 0.1) is 18.9 Å². The number of nitrogens with zero attached hydrogens (tertiary/aromatic N) is 4. The summed E-state index contributed by atoms with van der Waals surface area (Å²) in [4.78, 5) is 17.4. The predicted molar refractivity (Wildman–Crippen MR) is 111 cm³/mol. The van der Waals surface area contributed by atoms with E-state index in [1.807, 2.05) is 11.3 Å². The molecule has 1 fully saturated rings. The molecule has 4 heterocycles. The number of aryl methyl sites for hydroxylation is 1. The third kappa shape index (κ3) is 4.42. The number of hydrogen-bond acceptors (Lipinski definition) is 7. The van der Waals surface area contributed by atoms with E-state index in [0.717, 1.165) is 64.1 Å². The monoisotopic (exact) mass is 387 g/mol. The fraction of sp³-hybridized carbons (Fsp3) is 0.600. The smallest absolute Gasteiger partial charge is 0.227 e. The van der Waals surface area contributed by atoms with E-state index in [9.17, 15) is 0 Å². The van der Waals surface area contributed by atoms with E-state index < -0.39 is 0 Å². The predicted octanol–water partition coefficient (Wildman–Crippen LogP) is 3.06. The summed E-state index contributed by atoms with van der Waals surface area (Å²) in [6, 6.07) is 4.80. The molecule has 0 bridgehead atoms. The quantitative estimate of drug-likeness (QED) is 0.851. The summed E-state index contributed by atoms with van der Waals surface area (Å²) in [6.45, 7) is 12.7. The van der Waals surface area contributed by atoms with Crippen molar-refractivity contribution in [1.82, 2.24) is 14.9 Å². The van der Waals surface area contributed by atoms with Gasteiger partial charge in [-0.2, -0.15) is 4.98 Å². The second-order valence-corrected chi connectivity index (χ2v) is 9.04. The average molecular weight is 388 g/mol. The lowest BCUT2D eigenvalue weighted by molar-refractivity contribution is 0.122. The first kappa shape index (κ1) is 18.7. The highest BCUT2D eigenvalue weighted by Gasteiger charge is 2.25. The summed E-state index contributed by atoms with van der Waals surface area (Å²) < 4.78 is 5.48. The van der Waals surface area contributed by atoms with Gasteiger partial charge in [-0.3, -0.25) is 4.90 Å². The maximum atomic E-state index is 5.48. The van der Waals surface area contributed by atoms with E-state index in [4.69, 9.17) is 14.7 Å². The van der Waals surface area contributed by atoms with Gasteiger partial charge in [-0.05, 0) is 32.9 Å². The van der Waals surface area contributed by atoms with Crippen LogP contribution < -0.4 is 10.2 Å². The Morgan fingerprint density at radius 1 is 1.19 bits per heavy atom. The van der Waals surface area contributed by atoms with Crippen molar-refractivity contribution in [2.45, 2.75) is 46.3 Å². The highest BCUT2D eigenvalue weighted by molar-refractivity contribution is 7.11. The topological polar surface area (TPSA) is 53.5 Å². The minimum atomic E-state index is 0.344. The summed E-state index contributed by atoms with van der Waals surface area (Å²) in [5.41, 5.74) is 2.47. The van der Waals surface area contributed by atoms with E-state index in [1.165, 1.54) is 21.0 Å². The van der Waals surface area contributed by atoms with E-state index in [-0.39, 0.29) is 0 Å². The molecule has 2 aromatic heterocycles. The standard InChI is InChI=1S/C20H29N5OS/c1-14(2)21-19-17-13-24(12-16-5-4-15(3)27-16)7-6-18(17)22-20(23-19)25-8-10-26-11-9-25/h4-5,14H,6-13H2,1-3H3,(H,21,22,23). The van der Waals surface area contributed by atoms with Gasteiger partial charge in [-0.15, -0.1) is 11.3 Å².